The topological polar surface area (TPSA) is 12.0 Å². The molecule has 0 aliphatic heterocycles. The van der Waals surface area contributed by atoms with E-state index in [0.29, 0.717) is 5.02 Å². The SMILES string of the molecule is CCNC(CCCc1ccccc1)c1ccc(Cl)cc1Cl. The maximum absolute atomic E-state index is 6.33. The molecule has 0 fully saturated rings. The van der Waals surface area contributed by atoms with Gasteiger partial charge in [-0.1, -0.05) is 66.5 Å². The number of aryl methyl sites for hydroxylation is 1. The number of hydrogen-bond donors (Lipinski definition) is 1. The lowest BCUT2D eigenvalue weighted by Gasteiger charge is -2.20. The molecule has 1 unspecified atom stereocenters. The first kappa shape index (κ1) is 16.4. The lowest BCUT2D eigenvalue weighted by atomic mass is 9.99. The van der Waals surface area contributed by atoms with Gasteiger partial charge in [0.2, 0.25) is 0 Å². The van der Waals surface area contributed by atoms with Crippen LogP contribution >= 0.6 is 23.2 Å². The van der Waals surface area contributed by atoms with E-state index in [2.05, 4.69) is 42.6 Å². The predicted molar refractivity (Wildman–Crippen MR) is 92.3 cm³/mol. The van der Waals surface area contributed by atoms with E-state index >= 15 is 0 Å². The third-order valence-electron chi connectivity index (χ3n) is 3.59. The van der Waals surface area contributed by atoms with Crippen molar-refractivity contribution in [2.45, 2.75) is 32.2 Å². The van der Waals surface area contributed by atoms with Crippen molar-refractivity contribution in [1.82, 2.24) is 5.32 Å². The molecule has 2 rings (SSSR count). The van der Waals surface area contributed by atoms with E-state index in [-0.39, 0.29) is 6.04 Å². The first-order valence-corrected chi connectivity index (χ1v) is 8.18. The molecular formula is C18H21Cl2N. The number of halogens is 2. The standard InChI is InChI=1S/C18H21Cl2N/c1-2-21-18(16-12-11-15(19)13-17(16)20)10-6-9-14-7-4-3-5-8-14/h3-5,7-8,11-13,18,21H,2,6,9-10H2,1H3. The van der Waals surface area contributed by atoms with Crippen molar-refractivity contribution in [3.63, 3.8) is 0 Å². The summed E-state index contributed by atoms with van der Waals surface area (Å²) >= 11 is 12.3. The maximum atomic E-state index is 6.33. The summed E-state index contributed by atoms with van der Waals surface area (Å²) in [4.78, 5) is 0. The van der Waals surface area contributed by atoms with Crippen molar-refractivity contribution < 1.29 is 0 Å². The van der Waals surface area contributed by atoms with Crippen LogP contribution < -0.4 is 5.32 Å². The second-order valence-electron chi connectivity index (χ2n) is 5.15. The average molecular weight is 322 g/mol. The summed E-state index contributed by atoms with van der Waals surface area (Å²) in [7, 11) is 0. The molecule has 0 heterocycles. The van der Waals surface area contributed by atoms with Crippen molar-refractivity contribution in [3.8, 4) is 0 Å². The molecule has 21 heavy (non-hydrogen) atoms. The third kappa shape index (κ3) is 5.03. The predicted octanol–water partition coefficient (Wildman–Crippen LogP) is 5.67. The van der Waals surface area contributed by atoms with E-state index in [0.717, 1.165) is 36.4 Å². The van der Waals surface area contributed by atoms with Crippen molar-refractivity contribution in [1.29, 1.82) is 0 Å². The molecule has 1 atom stereocenters. The highest BCUT2D eigenvalue weighted by Crippen LogP contribution is 2.29. The Hall–Kier alpha value is -1.02. The molecule has 0 bridgehead atoms. The van der Waals surface area contributed by atoms with Crippen molar-refractivity contribution in [3.05, 3.63) is 69.7 Å². The molecule has 0 aliphatic rings. The average Bonchev–Trinajstić information content (AvgIpc) is 2.48. The number of hydrogen-bond acceptors (Lipinski definition) is 1. The van der Waals surface area contributed by atoms with Gasteiger partial charge in [0.05, 0.1) is 0 Å². The molecule has 1 nitrogen and oxygen atoms in total. The molecule has 0 aliphatic carbocycles. The number of rotatable bonds is 7. The molecule has 0 saturated heterocycles. The largest absolute Gasteiger partial charge is 0.310 e. The summed E-state index contributed by atoms with van der Waals surface area (Å²) in [5, 5.41) is 4.95. The van der Waals surface area contributed by atoms with Crippen LogP contribution in [-0.2, 0) is 6.42 Å². The zero-order valence-corrected chi connectivity index (χ0v) is 13.8. The van der Waals surface area contributed by atoms with Gasteiger partial charge in [-0.05, 0) is 49.1 Å². The fourth-order valence-corrected chi connectivity index (χ4v) is 3.09. The normalized spacial score (nSPS) is 12.3. The minimum absolute atomic E-state index is 0.281. The van der Waals surface area contributed by atoms with Gasteiger partial charge in [-0.2, -0.15) is 0 Å². The van der Waals surface area contributed by atoms with Crippen LogP contribution in [0.3, 0.4) is 0 Å². The summed E-state index contributed by atoms with van der Waals surface area (Å²) in [5.74, 6) is 0. The summed E-state index contributed by atoms with van der Waals surface area (Å²) in [5.41, 5.74) is 2.52. The van der Waals surface area contributed by atoms with Gasteiger partial charge in [0.15, 0.2) is 0 Å². The highest BCUT2D eigenvalue weighted by Gasteiger charge is 2.13. The second kappa shape index (κ2) is 8.43. The first-order chi connectivity index (χ1) is 10.2. The van der Waals surface area contributed by atoms with Crippen LogP contribution in [0.5, 0.6) is 0 Å². The Morgan fingerprint density at radius 2 is 1.81 bits per heavy atom. The van der Waals surface area contributed by atoms with Crippen LogP contribution in [-0.4, -0.2) is 6.54 Å². The van der Waals surface area contributed by atoms with Gasteiger partial charge in [0.25, 0.3) is 0 Å². The molecule has 112 valence electrons. The van der Waals surface area contributed by atoms with Crippen LogP contribution in [0.1, 0.15) is 36.9 Å². The smallest absolute Gasteiger partial charge is 0.0468 e. The number of benzene rings is 2. The van der Waals surface area contributed by atoms with Crippen LogP contribution in [0, 0.1) is 0 Å². The molecule has 0 aromatic heterocycles. The molecule has 2 aromatic rings. The Morgan fingerprint density at radius 1 is 1.05 bits per heavy atom. The maximum Gasteiger partial charge on any atom is 0.0468 e. The van der Waals surface area contributed by atoms with Crippen molar-refractivity contribution >= 4 is 23.2 Å². The summed E-state index contributed by atoms with van der Waals surface area (Å²) in [6.45, 7) is 3.04. The molecule has 0 saturated carbocycles. The van der Waals surface area contributed by atoms with Crippen molar-refractivity contribution in [2.24, 2.45) is 0 Å². The van der Waals surface area contributed by atoms with Gasteiger partial charge >= 0.3 is 0 Å². The lowest BCUT2D eigenvalue weighted by molar-refractivity contribution is 0.498. The van der Waals surface area contributed by atoms with Gasteiger partial charge in [-0.15, -0.1) is 0 Å². The minimum atomic E-state index is 0.281. The Balaban J connectivity index is 1.98. The van der Waals surface area contributed by atoms with Gasteiger partial charge in [0.1, 0.15) is 0 Å². The van der Waals surface area contributed by atoms with E-state index in [9.17, 15) is 0 Å². The summed E-state index contributed by atoms with van der Waals surface area (Å²) in [6.07, 6.45) is 3.28. The second-order valence-corrected chi connectivity index (χ2v) is 6.00. The number of nitrogens with one attached hydrogen (secondary N) is 1. The molecule has 3 heteroatoms. The highest BCUT2D eigenvalue weighted by atomic mass is 35.5. The summed E-state index contributed by atoms with van der Waals surface area (Å²) in [6, 6.07) is 16.6. The fourth-order valence-electron chi connectivity index (χ4n) is 2.55. The van der Waals surface area contributed by atoms with Gasteiger partial charge in [-0.3, -0.25) is 0 Å². The molecule has 1 N–H and O–H groups in total. The van der Waals surface area contributed by atoms with Crippen LogP contribution in [0.15, 0.2) is 48.5 Å². The monoisotopic (exact) mass is 321 g/mol. The molecule has 0 amide bonds. The van der Waals surface area contributed by atoms with E-state index in [4.69, 9.17) is 23.2 Å². The van der Waals surface area contributed by atoms with E-state index in [1.54, 1.807) is 0 Å². The van der Waals surface area contributed by atoms with E-state index < -0.39 is 0 Å². The van der Waals surface area contributed by atoms with E-state index in [1.807, 2.05) is 18.2 Å². The van der Waals surface area contributed by atoms with Gasteiger partial charge in [0, 0.05) is 16.1 Å². The summed E-state index contributed by atoms with van der Waals surface area (Å²) < 4.78 is 0. The highest BCUT2D eigenvalue weighted by molar-refractivity contribution is 6.35. The molecule has 0 radical (unpaired) electrons. The zero-order valence-electron chi connectivity index (χ0n) is 12.3. The minimum Gasteiger partial charge on any atom is -0.310 e. The van der Waals surface area contributed by atoms with E-state index in [1.165, 1.54) is 5.56 Å². The van der Waals surface area contributed by atoms with Crippen LogP contribution in [0.2, 0.25) is 10.0 Å². The quantitative estimate of drug-likeness (QED) is 0.693. The first-order valence-electron chi connectivity index (χ1n) is 7.43. The Morgan fingerprint density at radius 3 is 2.48 bits per heavy atom. The van der Waals surface area contributed by atoms with Crippen LogP contribution in [0.4, 0.5) is 0 Å². The zero-order chi connectivity index (χ0) is 15.1. The Kier molecular flexibility index (Phi) is 6.56. The fraction of sp³-hybridized carbons (Fsp3) is 0.333. The van der Waals surface area contributed by atoms with Gasteiger partial charge in [-0.25, -0.2) is 0 Å². The third-order valence-corrected chi connectivity index (χ3v) is 4.15. The molecule has 2 aromatic carbocycles. The van der Waals surface area contributed by atoms with Gasteiger partial charge < -0.3 is 5.32 Å². The Labute approximate surface area is 137 Å². The molecular weight excluding hydrogens is 301 g/mol. The van der Waals surface area contributed by atoms with Crippen molar-refractivity contribution in [2.75, 3.05) is 6.54 Å². The lowest BCUT2D eigenvalue weighted by Crippen LogP contribution is -2.21. The van der Waals surface area contributed by atoms with Crippen LogP contribution in [0.25, 0.3) is 0 Å². The Bertz CT molecular complexity index is 554. The molecule has 0 spiro atoms.